The average molecular weight is 759 g/mol. The summed E-state index contributed by atoms with van der Waals surface area (Å²) in [5.41, 5.74) is 0. The number of hydrogen-bond acceptors (Lipinski definition) is 8. The van der Waals surface area contributed by atoms with E-state index in [0.717, 1.165) is 12.8 Å². The van der Waals surface area contributed by atoms with Gasteiger partial charge >= 0.3 is 0 Å². The van der Waals surface area contributed by atoms with Crippen LogP contribution in [0.5, 0.6) is 0 Å². The van der Waals surface area contributed by atoms with Gasteiger partial charge in [0.25, 0.3) is 8.32 Å². The molecule has 53 heavy (non-hydrogen) atoms. The van der Waals surface area contributed by atoms with Crippen molar-refractivity contribution < 1.29 is 36.5 Å². The highest BCUT2D eigenvalue weighted by Crippen LogP contribution is 2.55. The van der Waals surface area contributed by atoms with E-state index in [-0.39, 0.29) is 40.6 Å². The smallest absolute Gasteiger partial charge is 0.261 e. The summed E-state index contributed by atoms with van der Waals surface area (Å²) in [6.45, 7) is 9.50. The van der Waals surface area contributed by atoms with Crippen LogP contribution in [0, 0.1) is 5.92 Å². The van der Waals surface area contributed by atoms with Gasteiger partial charge < -0.3 is 28.1 Å². The van der Waals surface area contributed by atoms with Gasteiger partial charge in [-0.25, -0.2) is 8.42 Å². The topological polar surface area (TPSA) is 89.5 Å². The van der Waals surface area contributed by atoms with E-state index in [1.807, 2.05) is 25.1 Å². The molecule has 3 aromatic carbocycles. The SMILES string of the molecule is CO[C@H]1C[C@@H]2O[C@@]3(O[C@@]4(C=CC[C@@H](/C=C/CCCO[Si](c5ccccc5)(c5ccccc5)C(C)(C)C)O4)C[C@@H]3S(=O)(=O)c3ccccc3)[C@@H](C)C[C@@H]2O1. The number of rotatable bonds is 11. The summed E-state index contributed by atoms with van der Waals surface area (Å²) < 4.78 is 68.0. The van der Waals surface area contributed by atoms with E-state index in [2.05, 4.69) is 93.6 Å². The van der Waals surface area contributed by atoms with E-state index in [9.17, 15) is 8.42 Å². The van der Waals surface area contributed by atoms with E-state index in [0.29, 0.717) is 25.9 Å². The quantitative estimate of drug-likeness (QED) is 0.117. The Morgan fingerprint density at radius 2 is 1.53 bits per heavy atom. The van der Waals surface area contributed by atoms with Crippen molar-refractivity contribution in [2.24, 2.45) is 5.92 Å². The van der Waals surface area contributed by atoms with E-state index in [1.54, 1.807) is 31.4 Å². The monoisotopic (exact) mass is 758 g/mol. The first-order valence-corrected chi connectivity index (χ1v) is 22.5. The Morgan fingerprint density at radius 3 is 2.15 bits per heavy atom. The van der Waals surface area contributed by atoms with Crippen LogP contribution >= 0.6 is 0 Å². The number of fused-ring (bicyclic) bond motifs is 1. The summed E-state index contributed by atoms with van der Waals surface area (Å²) in [6.07, 6.45) is 10.5. The van der Waals surface area contributed by atoms with Crippen molar-refractivity contribution in [2.75, 3.05) is 13.7 Å². The van der Waals surface area contributed by atoms with Crippen molar-refractivity contribution in [3.63, 3.8) is 0 Å². The van der Waals surface area contributed by atoms with Gasteiger partial charge in [-0.15, -0.1) is 0 Å². The van der Waals surface area contributed by atoms with Gasteiger partial charge in [0.1, 0.15) is 5.25 Å². The molecule has 0 aliphatic carbocycles. The largest absolute Gasteiger partial charge is 0.407 e. The Kier molecular flexibility index (Phi) is 11.1. The summed E-state index contributed by atoms with van der Waals surface area (Å²) in [4.78, 5) is 0.247. The normalized spacial score (nSPS) is 31.8. The first kappa shape index (κ1) is 38.3. The minimum atomic E-state index is -3.88. The molecule has 3 aromatic rings. The summed E-state index contributed by atoms with van der Waals surface area (Å²) in [5.74, 6) is -2.96. The lowest BCUT2D eigenvalue weighted by molar-refractivity contribution is -0.354. The van der Waals surface area contributed by atoms with Gasteiger partial charge in [0.2, 0.25) is 0 Å². The molecule has 4 aliphatic heterocycles. The van der Waals surface area contributed by atoms with Gasteiger partial charge in [-0.05, 0) is 59.3 Å². The van der Waals surface area contributed by atoms with Gasteiger partial charge in [-0.1, -0.05) is 125 Å². The molecule has 3 saturated heterocycles. The van der Waals surface area contributed by atoms with Crippen LogP contribution in [0.2, 0.25) is 5.04 Å². The summed E-state index contributed by atoms with van der Waals surface area (Å²) in [6, 6.07) is 30.0. The predicted octanol–water partition coefficient (Wildman–Crippen LogP) is 7.09. The van der Waals surface area contributed by atoms with Crippen molar-refractivity contribution >= 4 is 28.5 Å². The number of allylic oxidation sites excluding steroid dienone is 1. The Balaban J connectivity index is 1.06. The maximum Gasteiger partial charge on any atom is 0.261 e. The van der Waals surface area contributed by atoms with Crippen LogP contribution in [0.15, 0.2) is 120 Å². The Morgan fingerprint density at radius 1 is 0.887 bits per heavy atom. The lowest BCUT2D eigenvalue weighted by Gasteiger charge is -2.47. The van der Waals surface area contributed by atoms with Gasteiger partial charge in [0.05, 0.1) is 23.2 Å². The third kappa shape index (κ3) is 7.29. The Hall–Kier alpha value is -2.93. The third-order valence-electron chi connectivity index (χ3n) is 11.4. The molecule has 7 rings (SSSR count). The minimum absolute atomic E-state index is 0.0800. The summed E-state index contributed by atoms with van der Waals surface area (Å²) >= 11 is 0. The summed E-state index contributed by atoms with van der Waals surface area (Å²) in [7, 11) is -4.86. The molecule has 2 spiro atoms. The van der Waals surface area contributed by atoms with E-state index in [4.69, 9.17) is 28.1 Å². The number of benzene rings is 3. The molecular weight excluding hydrogens is 705 g/mol. The third-order valence-corrected chi connectivity index (χ3v) is 18.6. The van der Waals surface area contributed by atoms with E-state index in [1.165, 1.54) is 10.4 Å². The average Bonchev–Trinajstić information content (AvgIpc) is 3.70. The number of sulfone groups is 1. The molecule has 0 bridgehead atoms. The Labute approximate surface area is 316 Å². The maximum atomic E-state index is 14.4. The second kappa shape index (κ2) is 15.3. The molecule has 8 nitrogen and oxygen atoms in total. The molecule has 4 heterocycles. The van der Waals surface area contributed by atoms with Crippen molar-refractivity contribution in [3.8, 4) is 0 Å². The van der Waals surface area contributed by atoms with Crippen LogP contribution in [-0.4, -0.2) is 71.9 Å². The zero-order chi connectivity index (χ0) is 37.3. The molecule has 0 saturated carbocycles. The van der Waals surface area contributed by atoms with Crippen LogP contribution in [0.1, 0.15) is 66.2 Å². The van der Waals surface area contributed by atoms with E-state index < -0.39 is 41.3 Å². The highest BCUT2D eigenvalue weighted by atomic mass is 32.2. The molecule has 4 aliphatic rings. The Bertz CT molecular complexity index is 1810. The first-order valence-electron chi connectivity index (χ1n) is 19.0. The van der Waals surface area contributed by atoms with Crippen molar-refractivity contribution in [1.29, 1.82) is 0 Å². The van der Waals surface area contributed by atoms with Crippen LogP contribution in [0.3, 0.4) is 0 Å². The molecule has 3 fully saturated rings. The number of ether oxygens (including phenoxy) is 5. The van der Waals surface area contributed by atoms with E-state index >= 15 is 0 Å². The molecule has 0 radical (unpaired) electrons. The van der Waals surface area contributed by atoms with Crippen molar-refractivity contribution in [3.05, 3.63) is 115 Å². The zero-order valence-corrected chi connectivity index (χ0v) is 33.4. The van der Waals surface area contributed by atoms with Gasteiger partial charge in [0.15, 0.2) is 27.7 Å². The molecule has 0 unspecified atom stereocenters. The second-order valence-electron chi connectivity index (χ2n) is 15.9. The highest BCUT2D eigenvalue weighted by molar-refractivity contribution is 7.92. The molecule has 10 heteroatoms. The molecular formula is C43H54O8SSi. The van der Waals surface area contributed by atoms with Gasteiger partial charge in [0, 0.05) is 32.5 Å². The maximum absolute atomic E-state index is 14.4. The fourth-order valence-corrected chi connectivity index (χ4v) is 15.6. The fourth-order valence-electron chi connectivity index (χ4n) is 8.88. The molecule has 8 atom stereocenters. The zero-order valence-electron chi connectivity index (χ0n) is 31.6. The van der Waals surface area contributed by atoms with Crippen LogP contribution in [-0.2, 0) is 37.9 Å². The molecule has 0 amide bonds. The van der Waals surface area contributed by atoms with Crippen molar-refractivity contribution in [2.45, 2.75) is 118 Å². The van der Waals surface area contributed by atoms with Crippen LogP contribution in [0.25, 0.3) is 0 Å². The predicted molar refractivity (Wildman–Crippen MR) is 208 cm³/mol. The summed E-state index contributed by atoms with van der Waals surface area (Å²) in [5, 5.41) is 1.48. The van der Waals surface area contributed by atoms with Gasteiger partial charge in [-0.3, -0.25) is 0 Å². The first-order chi connectivity index (χ1) is 25.4. The molecule has 0 aromatic heterocycles. The van der Waals surface area contributed by atoms with Crippen molar-refractivity contribution in [1.82, 2.24) is 0 Å². The lowest BCUT2D eigenvalue weighted by Crippen LogP contribution is -2.66. The molecule has 284 valence electrons. The van der Waals surface area contributed by atoms with Crippen LogP contribution < -0.4 is 10.4 Å². The highest BCUT2D eigenvalue weighted by Gasteiger charge is 2.68. The second-order valence-corrected chi connectivity index (χ2v) is 22.4. The van der Waals surface area contributed by atoms with Crippen LogP contribution in [0.4, 0.5) is 0 Å². The number of unbranched alkanes of at least 4 members (excludes halogenated alkanes) is 1. The number of methoxy groups -OCH3 is 1. The lowest BCUT2D eigenvalue weighted by atomic mass is 9.86. The fraction of sp³-hybridized carbons (Fsp3) is 0.488. The van der Waals surface area contributed by atoms with Gasteiger partial charge in [-0.2, -0.15) is 0 Å². The minimum Gasteiger partial charge on any atom is -0.407 e. The standard InChI is InChI=1S/C43H54O8SSi/c1-32-29-37-38(30-40(46-5)48-37)50-43(32)39(52(44,45)34-21-11-6-12-22-34)31-42(51-43)27-18-20-33(49-42)19-10-9-17-28-47-53(41(2,3)4,35-23-13-7-14-24-35)36-25-15-8-16-26-36/h6-8,10-16,18-19,21-27,32-33,37-40H,9,17,20,28-31H2,1-5H3/b19-10+/t32-,33+,37-,38-,39-,40+,42-,43+/m0/s1. The molecule has 0 N–H and O–H groups in total. The number of hydrogen-bond donors (Lipinski definition) is 0.